The quantitative estimate of drug-likeness (QED) is 0.514. The largest absolute Gasteiger partial charge is 0.490 e. The first-order valence-corrected chi connectivity index (χ1v) is 14.3. The third-order valence-corrected chi connectivity index (χ3v) is 7.45. The monoisotopic (exact) mass is 572 g/mol. The fourth-order valence-corrected chi connectivity index (χ4v) is 4.76. The molecule has 0 bridgehead atoms. The number of rotatable bonds is 6. The summed E-state index contributed by atoms with van der Waals surface area (Å²) in [6.07, 6.45) is 2.03. The maximum absolute atomic E-state index is 14.1. The number of carbonyl (C=O) groups is 2. The molecule has 0 fully saturated rings. The molecule has 0 aromatic heterocycles. The van der Waals surface area contributed by atoms with Gasteiger partial charge in [-0.05, 0) is 75.6 Å². The number of amides is 3. The van der Waals surface area contributed by atoms with Crippen LogP contribution in [0.25, 0.3) is 0 Å². The second-order valence-corrected chi connectivity index (χ2v) is 11.2. The van der Waals surface area contributed by atoms with E-state index in [1.165, 1.54) is 29.2 Å². The van der Waals surface area contributed by atoms with Crippen molar-refractivity contribution in [1.29, 1.82) is 0 Å². The molecule has 2 N–H and O–H groups in total. The van der Waals surface area contributed by atoms with Gasteiger partial charge in [-0.3, -0.25) is 4.79 Å². The van der Waals surface area contributed by atoms with Gasteiger partial charge in [-0.25, -0.2) is 9.18 Å². The molecular formula is C31H45FN4O5. The molecule has 41 heavy (non-hydrogen) atoms. The number of hydrogen-bond donors (Lipinski definition) is 2. The lowest BCUT2D eigenvalue weighted by Gasteiger charge is -2.36. The minimum absolute atomic E-state index is 0.102. The number of urea groups is 1. The van der Waals surface area contributed by atoms with Crippen LogP contribution >= 0.6 is 0 Å². The minimum Gasteiger partial charge on any atom is -0.490 e. The van der Waals surface area contributed by atoms with E-state index in [1.807, 2.05) is 58.0 Å². The zero-order chi connectivity index (χ0) is 30.1. The summed E-state index contributed by atoms with van der Waals surface area (Å²) in [7, 11) is 5.51. The SMILES string of the molecule is C[C@H](CO)N1C[C@H](C)[C@H](CN(C)C(=O)Nc2ccc(F)cc2)OCCCC[C@H](C)Oc2ccc(N(C)C)cc2C1=O. The van der Waals surface area contributed by atoms with Crippen LogP contribution in [-0.2, 0) is 4.74 Å². The van der Waals surface area contributed by atoms with Crippen molar-refractivity contribution in [1.82, 2.24) is 9.80 Å². The number of nitrogens with one attached hydrogen (secondary N) is 1. The molecule has 0 spiro atoms. The van der Waals surface area contributed by atoms with E-state index in [4.69, 9.17) is 9.47 Å². The first-order valence-electron chi connectivity index (χ1n) is 14.3. The molecule has 1 aliphatic heterocycles. The van der Waals surface area contributed by atoms with Crippen molar-refractivity contribution in [3.05, 3.63) is 53.8 Å². The number of ether oxygens (including phenoxy) is 2. The smallest absolute Gasteiger partial charge is 0.321 e. The second kappa shape index (κ2) is 15.0. The molecule has 3 rings (SSSR count). The summed E-state index contributed by atoms with van der Waals surface area (Å²) >= 11 is 0. The highest BCUT2D eigenvalue weighted by Gasteiger charge is 2.31. The molecule has 0 radical (unpaired) electrons. The fourth-order valence-electron chi connectivity index (χ4n) is 4.76. The van der Waals surface area contributed by atoms with Crippen LogP contribution in [0, 0.1) is 11.7 Å². The molecule has 1 heterocycles. The van der Waals surface area contributed by atoms with Crippen molar-refractivity contribution in [3.8, 4) is 5.75 Å². The van der Waals surface area contributed by atoms with E-state index in [2.05, 4.69) is 5.32 Å². The van der Waals surface area contributed by atoms with E-state index in [0.717, 1.165) is 24.9 Å². The number of likely N-dealkylation sites (N-methyl/N-ethyl adjacent to an activating group) is 1. The predicted molar refractivity (Wildman–Crippen MR) is 159 cm³/mol. The number of nitrogens with zero attached hydrogens (tertiary/aromatic N) is 3. The van der Waals surface area contributed by atoms with Crippen LogP contribution in [0.2, 0.25) is 0 Å². The normalized spacial score (nSPS) is 21.2. The standard InChI is InChI=1S/C31H45FN4O5/c1-21-18-36(22(2)20-37)30(38)27-17-26(34(4)5)14-15-28(27)41-23(3)9-7-8-16-40-29(21)19-35(6)31(39)33-25-12-10-24(32)11-13-25/h10-15,17,21-23,29,37H,7-9,16,18-20H2,1-6H3,(H,33,39)/t21-,22+,23-,29-/m0/s1. The number of aliphatic hydroxyl groups excluding tert-OH is 1. The summed E-state index contributed by atoms with van der Waals surface area (Å²) in [4.78, 5) is 32.1. The Bertz CT molecular complexity index is 1150. The van der Waals surface area contributed by atoms with E-state index in [-0.39, 0.29) is 49.0 Å². The predicted octanol–water partition coefficient (Wildman–Crippen LogP) is 4.85. The Morgan fingerprint density at radius 2 is 1.85 bits per heavy atom. The Labute approximate surface area is 243 Å². The van der Waals surface area contributed by atoms with Gasteiger partial charge in [0.05, 0.1) is 30.4 Å². The lowest BCUT2D eigenvalue weighted by atomic mass is 10.0. The molecule has 3 amide bonds. The summed E-state index contributed by atoms with van der Waals surface area (Å²) in [5.41, 5.74) is 1.80. The summed E-state index contributed by atoms with van der Waals surface area (Å²) in [6.45, 7) is 6.68. The molecule has 0 saturated heterocycles. The van der Waals surface area contributed by atoms with Crippen molar-refractivity contribution in [2.24, 2.45) is 5.92 Å². The van der Waals surface area contributed by atoms with Crippen LogP contribution in [0.4, 0.5) is 20.6 Å². The van der Waals surface area contributed by atoms with Crippen molar-refractivity contribution in [2.45, 2.75) is 58.3 Å². The third-order valence-electron chi connectivity index (χ3n) is 7.45. The summed E-state index contributed by atoms with van der Waals surface area (Å²) in [6, 6.07) is 10.4. The molecule has 0 unspecified atom stereocenters. The van der Waals surface area contributed by atoms with E-state index in [0.29, 0.717) is 30.2 Å². The number of benzene rings is 2. The number of aliphatic hydroxyl groups is 1. The highest BCUT2D eigenvalue weighted by molar-refractivity contribution is 5.98. The fraction of sp³-hybridized carbons (Fsp3) is 0.548. The summed E-state index contributed by atoms with van der Waals surface area (Å²) < 4.78 is 25.8. The Kier molecular flexibility index (Phi) is 11.8. The van der Waals surface area contributed by atoms with Gasteiger partial charge in [-0.1, -0.05) is 6.92 Å². The van der Waals surface area contributed by atoms with Crippen LogP contribution < -0.4 is 15.0 Å². The number of anilines is 2. The lowest BCUT2D eigenvalue weighted by Crippen LogP contribution is -2.48. The van der Waals surface area contributed by atoms with E-state index >= 15 is 0 Å². The van der Waals surface area contributed by atoms with Gasteiger partial charge in [0.25, 0.3) is 5.91 Å². The number of fused-ring (bicyclic) bond motifs is 1. The van der Waals surface area contributed by atoms with Gasteiger partial charge in [0, 0.05) is 58.1 Å². The Hall–Kier alpha value is -3.37. The van der Waals surface area contributed by atoms with Crippen LogP contribution in [0.1, 0.15) is 50.4 Å². The second-order valence-electron chi connectivity index (χ2n) is 11.2. The van der Waals surface area contributed by atoms with Gasteiger partial charge in [0.1, 0.15) is 11.6 Å². The highest BCUT2D eigenvalue weighted by atomic mass is 19.1. The van der Waals surface area contributed by atoms with Gasteiger partial charge in [-0.2, -0.15) is 0 Å². The van der Waals surface area contributed by atoms with Crippen LogP contribution in [-0.4, -0.2) is 92.5 Å². The summed E-state index contributed by atoms with van der Waals surface area (Å²) in [5, 5.41) is 12.9. The zero-order valence-corrected chi connectivity index (χ0v) is 25.1. The number of hydrogen-bond acceptors (Lipinski definition) is 6. The van der Waals surface area contributed by atoms with Crippen molar-refractivity contribution in [3.63, 3.8) is 0 Å². The van der Waals surface area contributed by atoms with Gasteiger partial charge in [0.2, 0.25) is 0 Å². The molecule has 9 nitrogen and oxygen atoms in total. The minimum atomic E-state index is -0.453. The van der Waals surface area contributed by atoms with Gasteiger partial charge in [-0.15, -0.1) is 0 Å². The number of carbonyl (C=O) groups excluding carboxylic acids is 2. The van der Waals surface area contributed by atoms with E-state index in [9.17, 15) is 19.1 Å². The Balaban J connectivity index is 1.87. The first-order chi connectivity index (χ1) is 19.5. The molecule has 0 saturated carbocycles. The molecule has 4 atom stereocenters. The molecule has 2 aromatic rings. The average Bonchev–Trinajstić information content (AvgIpc) is 2.94. The van der Waals surface area contributed by atoms with Crippen molar-refractivity contribution >= 4 is 23.3 Å². The molecular weight excluding hydrogens is 527 g/mol. The Morgan fingerprint density at radius 3 is 2.51 bits per heavy atom. The zero-order valence-electron chi connectivity index (χ0n) is 25.1. The van der Waals surface area contributed by atoms with Crippen LogP contribution in [0.3, 0.4) is 0 Å². The summed E-state index contributed by atoms with van der Waals surface area (Å²) in [5.74, 6) is -0.256. The lowest BCUT2D eigenvalue weighted by molar-refractivity contribution is -0.0115. The van der Waals surface area contributed by atoms with Crippen molar-refractivity contribution in [2.75, 3.05) is 57.7 Å². The van der Waals surface area contributed by atoms with E-state index in [1.54, 1.807) is 11.9 Å². The molecule has 2 aromatic carbocycles. The maximum Gasteiger partial charge on any atom is 0.321 e. The maximum atomic E-state index is 14.1. The van der Waals surface area contributed by atoms with Crippen LogP contribution in [0.15, 0.2) is 42.5 Å². The average molecular weight is 573 g/mol. The Morgan fingerprint density at radius 1 is 1.15 bits per heavy atom. The number of halogens is 1. The van der Waals surface area contributed by atoms with Gasteiger partial charge >= 0.3 is 6.03 Å². The molecule has 10 heteroatoms. The van der Waals surface area contributed by atoms with Gasteiger partial charge in [0.15, 0.2) is 0 Å². The highest BCUT2D eigenvalue weighted by Crippen LogP contribution is 2.29. The first kappa shape index (κ1) is 32.1. The topological polar surface area (TPSA) is 94.6 Å². The molecule has 1 aliphatic rings. The van der Waals surface area contributed by atoms with Crippen molar-refractivity contribution < 1.29 is 28.6 Å². The van der Waals surface area contributed by atoms with E-state index < -0.39 is 6.04 Å². The van der Waals surface area contributed by atoms with Crippen LogP contribution in [0.5, 0.6) is 5.75 Å². The van der Waals surface area contributed by atoms with Gasteiger partial charge < -0.3 is 34.6 Å². The third kappa shape index (κ3) is 9.06. The molecule has 226 valence electrons. The molecule has 0 aliphatic carbocycles.